The summed E-state index contributed by atoms with van der Waals surface area (Å²) in [5.74, 6) is 2.05. The summed E-state index contributed by atoms with van der Waals surface area (Å²) in [5.41, 5.74) is 18.0. The monoisotopic (exact) mass is 1760 g/mol. The number of para-hydroxylation sites is 6. The van der Waals surface area contributed by atoms with Crippen LogP contribution in [0.5, 0.6) is 0 Å². The second-order valence-electron chi connectivity index (χ2n) is 34.5. The van der Waals surface area contributed by atoms with E-state index < -0.39 is 0 Å². The van der Waals surface area contributed by atoms with Crippen molar-refractivity contribution >= 4 is 247 Å². The van der Waals surface area contributed by atoms with Gasteiger partial charge in [-0.25, -0.2) is 29.9 Å². The van der Waals surface area contributed by atoms with Crippen molar-refractivity contribution in [3.05, 3.63) is 431 Å². The Morgan fingerprint density at radius 1 is 0.172 bits per heavy atom. The molecule has 0 aliphatic heterocycles. The smallest absolute Gasteiger partial charge is 0.235 e. The molecule has 0 saturated heterocycles. The third-order valence-corrected chi connectivity index (χ3v) is 30.7. The molecule has 21 aromatic carbocycles. The number of aromatic nitrogens is 9. The van der Waals surface area contributed by atoms with Crippen LogP contribution in [0.15, 0.2) is 431 Å². The van der Waals surface area contributed by atoms with Crippen molar-refractivity contribution in [2.45, 2.75) is 0 Å². The standard InChI is InChI=1S/C42H25N3S.2C40H23N3S/c1-2-13-26(14-3-1)27-15-12-16-28(25-27)39-31-19-6-9-22-34(31)43-42(44-39)45-35-23-10-7-20-32(35)37-29-17-4-5-18-30(29)41-38(40(37)45)33-21-8-11-24-36(33)46-41;1-2-14-25-24(12-1)13-11-20-27(25)37-29-17-5-8-21-32(29)41-40(42-37)43-33-22-9-6-18-30(33)35-26-15-3-4-16-28(26)39-36(38(35)43)31-19-7-10-23-34(31)44-39;1-2-12-25-23-26(22-21-24(25)11-1)37-29-15-5-8-18-32(29)41-40(42-37)43-33-19-9-6-16-30(33)35-27-13-3-4-14-28(27)39-36(38(35)43)31-17-7-10-20-34(31)44-39/h1-25H;2*1-23H. The lowest BCUT2D eigenvalue weighted by Gasteiger charge is -2.14. The Balaban J connectivity index is 0.000000100. The van der Waals surface area contributed by atoms with Crippen LogP contribution < -0.4 is 0 Å². The lowest BCUT2D eigenvalue weighted by Crippen LogP contribution is -2.04. The van der Waals surface area contributed by atoms with Gasteiger partial charge in [-0.3, -0.25) is 13.7 Å². The molecule has 9 heterocycles. The van der Waals surface area contributed by atoms with Gasteiger partial charge in [0.2, 0.25) is 17.8 Å². The molecule has 0 bridgehead atoms. The van der Waals surface area contributed by atoms with Gasteiger partial charge in [0.15, 0.2) is 0 Å². The average Bonchev–Trinajstić information content (AvgIpc) is 1.54. The molecule has 12 heteroatoms. The molecule has 0 radical (unpaired) electrons. The summed E-state index contributed by atoms with van der Waals surface area (Å²) in [5, 5.41) is 30.5. The van der Waals surface area contributed by atoms with Gasteiger partial charge in [0.05, 0.1) is 66.7 Å². The Bertz CT molecular complexity index is 10200. The third-order valence-electron chi connectivity index (χ3n) is 27.1. The van der Waals surface area contributed by atoms with Gasteiger partial charge in [-0.15, -0.1) is 34.0 Å². The molecule has 30 rings (SSSR count). The first-order chi connectivity index (χ1) is 66.5. The second-order valence-corrected chi connectivity index (χ2v) is 37.6. The fourth-order valence-corrected chi connectivity index (χ4v) is 25.1. The van der Waals surface area contributed by atoms with E-state index >= 15 is 0 Å². The number of hydrogen-bond acceptors (Lipinski definition) is 9. The van der Waals surface area contributed by atoms with Crippen molar-refractivity contribution < 1.29 is 0 Å². The SMILES string of the molecule is c1ccc(-c2cccc(-c3nc(-n4c5ccccc5c5c6ccccc6c6sc7ccccc7c6c54)nc4ccccc34)c2)cc1.c1ccc2c(-c3nc(-n4c5ccccc5c5c6ccccc6c6sc7ccccc7c6c54)nc4ccccc34)cccc2c1.c1ccc2cc(-c3nc(-n4c5ccccc5c5c6ccccc6c6sc7ccccc7c6c54)nc4ccccc34)ccc2c1. The first-order valence-corrected chi connectivity index (χ1v) is 47.7. The van der Waals surface area contributed by atoms with Crippen molar-refractivity contribution in [1.82, 2.24) is 43.6 Å². The van der Waals surface area contributed by atoms with Crippen LogP contribution in [0.1, 0.15) is 0 Å². The van der Waals surface area contributed by atoms with E-state index in [9.17, 15) is 0 Å². The van der Waals surface area contributed by atoms with E-state index in [4.69, 9.17) is 29.9 Å². The highest BCUT2D eigenvalue weighted by atomic mass is 32.1. The van der Waals surface area contributed by atoms with E-state index in [0.29, 0.717) is 17.8 Å². The van der Waals surface area contributed by atoms with Crippen molar-refractivity contribution in [3.8, 4) is 62.7 Å². The number of hydrogen-bond donors (Lipinski definition) is 0. The Morgan fingerprint density at radius 2 is 0.478 bits per heavy atom. The highest BCUT2D eigenvalue weighted by molar-refractivity contribution is 7.28. The van der Waals surface area contributed by atoms with Crippen LogP contribution in [-0.2, 0) is 0 Å². The Morgan fingerprint density at radius 3 is 0.925 bits per heavy atom. The van der Waals surface area contributed by atoms with Crippen LogP contribution in [0.25, 0.3) is 275 Å². The minimum absolute atomic E-state index is 0.678. The number of nitrogens with zero attached hydrogens (tertiary/aromatic N) is 9. The molecule has 0 saturated carbocycles. The molecule has 0 aliphatic carbocycles. The summed E-state index contributed by atoms with van der Waals surface area (Å²) >= 11 is 5.61. The van der Waals surface area contributed by atoms with Crippen molar-refractivity contribution in [3.63, 3.8) is 0 Å². The molecule has 0 atom stereocenters. The predicted molar refractivity (Wildman–Crippen MR) is 570 cm³/mol. The van der Waals surface area contributed by atoms with Crippen LogP contribution in [0.3, 0.4) is 0 Å². The maximum atomic E-state index is 5.47. The molecule has 9 aromatic heterocycles. The van der Waals surface area contributed by atoms with Gasteiger partial charge < -0.3 is 0 Å². The number of benzene rings is 21. The molecule has 0 spiro atoms. The number of thiophene rings is 3. The average molecular weight is 1760 g/mol. The molecule has 0 unspecified atom stereocenters. The normalized spacial score (nSPS) is 12.0. The Hall–Kier alpha value is -17.0. The lowest BCUT2D eigenvalue weighted by atomic mass is 9.99. The van der Waals surface area contributed by atoms with Gasteiger partial charge in [-0.2, -0.15) is 0 Å². The molecule has 30 aromatic rings. The number of rotatable bonds is 7. The number of fused-ring (bicyclic) bond motifs is 35. The highest BCUT2D eigenvalue weighted by Gasteiger charge is 2.30. The summed E-state index contributed by atoms with van der Waals surface area (Å²) in [7, 11) is 0. The van der Waals surface area contributed by atoms with Crippen LogP contribution in [-0.4, -0.2) is 43.6 Å². The fraction of sp³-hybridized carbons (Fsp3) is 0. The van der Waals surface area contributed by atoms with E-state index in [1.165, 1.54) is 152 Å². The van der Waals surface area contributed by atoms with Gasteiger partial charge >= 0.3 is 0 Å². The molecule has 0 fully saturated rings. The Kier molecular flexibility index (Phi) is 17.2. The fourth-order valence-electron chi connectivity index (χ4n) is 21.4. The zero-order chi connectivity index (χ0) is 87.7. The summed E-state index contributed by atoms with van der Waals surface area (Å²) in [6, 6.07) is 153. The summed E-state index contributed by atoms with van der Waals surface area (Å²) in [6.45, 7) is 0. The minimum Gasteiger partial charge on any atom is -0.277 e. The molecular weight excluding hydrogens is 1690 g/mol. The zero-order valence-corrected chi connectivity index (χ0v) is 74.2. The molecule has 134 heavy (non-hydrogen) atoms. The summed E-state index contributed by atoms with van der Waals surface area (Å²) in [6.07, 6.45) is 0. The van der Waals surface area contributed by atoms with Gasteiger partial charge in [-0.1, -0.05) is 364 Å². The summed E-state index contributed by atoms with van der Waals surface area (Å²) < 4.78 is 14.7. The summed E-state index contributed by atoms with van der Waals surface area (Å²) in [4.78, 5) is 32.2. The molecule has 9 nitrogen and oxygen atoms in total. The van der Waals surface area contributed by atoms with Crippen LogP contribution >= 0.6 is 34.0 Å². The van der Waals surface area contributed by atoms with E-state index in [1.54, 1.807) is 0 Å². The maximum absolute atomic E-state index is 5.47. The largest absolute Gasteiger partial charge is 0.277 e. The van der Waals surface area contributed by atoms with Crippen molar-refractivity contribution in [1.29, 1.82) is 0 Å². The molecule has 0 aliphatic rings. The van der Waals surface area contributed by atoms with E-state index in [1.807, 2.05) is 34.0 Å². The van der Waals surface area contributed by atoms with Crippen LogP contribution in [0.2, 0.25) is 0 Å². The molecule has 0 N–H and O–H groups in total. The maximum Gasteiger partial charge on any atom is 0.235 e. The zero-order valence-electron chi connectivity index (χ0n) is 71.7. The minimum atomic E-state index is 0.678. The van der Waals surface area contributed by atoms with Gasteiger partial charge in [-0.05, 0) is 116 Å². The molecule has 0 amide bonds. The van der Waals surface area contributed by atoms with Gasteiger partial charge in [0.25, 0.3) is 0 Å². The van der Waals surface area contributed by atoms with Gasteiger partial charge in [0, 0.05) is 142 Å². The highest BCUT2D eigenvalue weighted by Crippen LogP contribution is 2.53. The first-order valence-electron chi connectivity index (χ1n) is 45.2. The van der Waals surface area contributed by atoms with E-state index in [0.717, 1.165) is 105 Å². The predicted octanol–water partition coefficient (Wildman–Crippen LogP) is 33.7. The second kappa shape index (κ2) is 30.3. The van der Waals surface area contributed by atoms with E-state index in [2.05, 4.69) is 444 Å². The van der Waals surface area contributed by atoms with E-state index in [-0.39, 0.29) is 0 Å². The molecular formula is C122H71N9S3. The quantitative estimate of drug-likeness (QED) is 0.158. The van der Waals surface area contributed by atoms with Gasteiger partial charge in [0.1, 0.15) is 0 Å². The first kappa shape index (κ1) is 75.9. The lowest BCUT2D eigenvalue weighted by molar-refractivity contribution is 1.02. The van der Waals surface area contributed by atoms with Crippen LogP contribution in [0.4, 0.5) is 0 Å². The van der Waals surface area contributed by atoms with Crippen molar-refractivity contribution in [2.24, 2.45) is 0 Å². The molecule has 622 valence electrons. The topological polar surface area (TPSA) is 92.1 Å². The van der Waals surface area contributed by atoms with Crippen molar-refractivity contribution in [2.75, 3.05) is 0 Å². The Labute approximate surface area is 777 Å². The third kappa shape index (κ3) is 11.7. The van der Waals surface area contributed by atoms with Crippen LogP contribution in [0, 0.1) is 0 Å².